The molecule has 1 rings (SSSR count). The predicted molar refractivity (Wildman–Crippen MR) is 60.0 cm³/mol. The quantitative estimate of drug-likeness (QED) is 0.831. The maximum atomic E-state index is 12.5. The van der Waals surface area contributed by atoms with Crippen LogP contribution in [0.15, 0.2) is 18.2 Å². The van der Waals surface area contributed by atoms with E-state index in [0.717, 1.165) is 11.1 Å². The Bertz CT molecular complexity index is 325. The Labute approximate surface area is 90.2 Å². The molecule has 0 amide bonds. The van der Waals surface area contributed by atoms with Crippen LogP contribution >= 0.6 is 0 Å². The zero-order valence-electron chi connectivity index (χ0n) is 9.46. The Hall–Kier alpha value is -1.09. The number of hydrogen-bond donors (Lipinski definition) is 1. The standard InChI is InChI=1S/C12H18FNO/c1-8(2)9-4-5-12(15-3)10(6-9)11(14)7-13/h4-6,8,11H,7,14H2,1-3H3/t11-/m1/s1. The summed E-state index contributed by atoms with van der Waals surface area (Å²) in [5.41, 5.74) is 7.57. The van der Waals surface area contributed by atoms with E-state index in [4.69, 9.17) is 10.5 Å². The van der Waals surface area contributed by atoms with Crippen LogP contribution in [-0.2, 0) is 0 Å². The van der Waals surface area contributed by atoms with Crippen LogP contribution in [0.5, 0.6) is 5.75 Å². The SMILES string of the molecule is COc1ccc(C(C)C)cc1[C@H](N)CF. The Morgan fingerprint density at radius 1 is 1.40 bits per heavy atom. The number of benzene rings is 1. The van der Waals surface area contributed by atoms with Crippen LogP contribution in [0.2, 0.25) is 0 Å². The molecule has 0 saturated carbocycles. The van der Waals surface area contributed by atoms with Crippen molar-refractivity contribution in [2.45, 2.75) is 25.8 Å². The molecular weight excluding hydrogens is 193 g/mol. The Morgan fingerprint density at radius 3 is 2.53 bits per heavy atom. The van der Waals surface area contributed by atoms with Crippen LogP contribution in [-0.4, -0.2) is 13.8 Å². The van der Waals surface area contributed by atoms with Gasteiger partial charge in [-0.25, -0.2) is 4.39 Å². The van der Waals surface area contributed by atoms with E-state index in [-0.39, 0.29) is 0 Å². The molecule has 0 unspecified atom stereocenters. The van der Waals surface area contributed by atoms with Crippen molar-refractivity contribution in [3.8, 4) is 5.75 Å². The molecule has 84 valence electrons. The molecule has 0 saturated heterocycles. The van der Waals surface area contributed by atoms with Gasteiger partial charge in [-0.15, -0.1) is 0 Å². The summed E-state index contributed by atoms with van der Waals surface area (Å²) in [5.74, 6) is 1.06. The van der Waals surface area contributed by atoms with Crippen LogP contribution in [0.25, 0.3) is 0 Å². The molecule has 0 spiro atoms. The van der Waals surface area contributed by atoms with Crippen molar-refractivity contribution in [1.29, 1.82) is 0 Å². The molecule has 2 nitrogen and oxygen atoms in total. The fourth-order valence-corrected chi connectivity index (χ4v) is 1.48. The topological polar surface area (TPSA) is 35.2 Å². The number of alkyl halides is 1. The molecule has 2 N–H and O–H groups in total. The molecule has 0 aliphatic heterocycles. The van der Waals surface area contributed by atoms with Crippen molar-refractivity contribution < 1.29 is 9.13 Å². The fourth-order valence-electron chi connectivity index (χ4n) is 1.48. The van der Waals surface area contributed by atoms with Gasteiger partial charge in [0, 0.05) is 5.56 Å². The van der Waals surface area contributed by atoms with Crippen LogP contribution < -0.4 is 10.5 Å². The number of hydrogen-bond acceptors (Lipinski definition) is 2. The highest BCUT2D eigenvalue weighted by molar-refractivity contribution is 5.40. The number of halogens is 1. The van der Waals surface area contributed by atoms with Gasteiger partial charge in [0.05, 0.1) is 13.2 Å². The summed E-state index contributed by atoms with van der Waals surface area (Å²) in [7, 11) is 1.57. The van der Waals surface area contributed by atoms with E-state index in [1.165, 1.54) is 0 Å². The molecule has 3 heteroatoms. The first-order valence-corrected chi connectivity index (χ1v) is 5.09. The van der Waals surface area contributed by atoms with Gasteiger partial charge >= 0.3 is 0 Å². The van der Waals surface area contributed by atoms with Gasteiger partial charge in [-0.1, -0.05) is 26.0 Å². The third kappa shape index (κ3) is 2.69. The minimum Gasteiger partial charge on any atom is -0.496 e. The summed E-state index contributed by atoms with van der Waals surface area (Å²) < 4.78 is 17.7. The molecular formula is C12H18FNO. The lowest BCUT2D eigenvalue weighted by molar-refractivity contribution is 0.388. The molecule has 0 aliphatic carbocycles. The van der Waals surface area contributed by atoms with Crippen molar-refractivity contribution >= 4 is 0 Å². The molecule has 15 heavy (non-hydrogen) atoms. The molecule has 0 heterocycles. The van der Waals surface area contributed by atoms with E-state index in [0.29, 0.717) is 11.7 Å². The largest absolute Gasteiger partial charge is 0.496 e. The van der Waals surface area contributed by atoms with Crippen molar-refractivity contribution in [2.24, 2.45) is 5.73 Å². The van der Waals surface area contributed by atoms with Crippen molar-refractivity contribution in [3.05, 3.63) is 29.3 Å². The Morgan fingerprint density at radius 2 is 2.07 bits per heavy atom. The van der Waals surface area contributed by atoms with Gasteiger partial charge in [-0.3, -0.25) is 0 Å². The van der Waals surface area contributed by atoms with Gasteiger partial charge in [0.1, 0.15) is 12.4 Å². The average Bonchev–Trinajstić information content (AvgIpc) is 2.27. The summed E-state index contributed by atoms with van der Waals surface area (Å²) in [6.45, 7) is 3.61. The van der Waals surface area contributed by atoms with Gasteiger partial charge in [-0.05, 0) is 17.5 Å². The lowest BCUT2D eigenvalue weighted by Gasteiger charge is -2.15. The summed E-state index contributed by atoms with van der Waals surface area (Å²) in [6, 6.07) is 5.16. The second-order valence-corrected chi connectivity index (χ2v) is 3.92. The smallest absolute Gasteiger partial charge is 0.123 e. The Kier molecular flexibility index (Phi) is 4.09. The third-order valence-corrected chi connectivity index (χ3v) is 2.49. The van der Waals surface area contributed by atoms with Gasteiger partial charge < -0.3 is 10.5 Å². The van der Waals surface area contributed by atoms with Gasteiger partial charge in [0.25, 0.3) is 0 Å². The number of methoxy groups -OCH3 is 1. The first kappa shape index (κ1) is 12.0. The third-order valence-electron chi connectivity index (χ3n) is 2.49. The van der Waals surface area contributed by atoms with E-state index in [9.17, 15) is 4.39 Å². The molecule has 1 aromatic carbocycles. The fraction of sp³-hybridized carbons (Fsp3) is 0.500. The second kappa shape index (κ2) is 5.12. The summed E-state index contributed by atoms with van der Waals surface area (Å²) in [5, 5.41) is 0. The number of ether oxygens (including phenoxy) is 1. The lowest BCUT2D eigenvalue weighted by Crippen LogP contribution is -2.14. The molecule has 0 aromatic heterocycles. The summed E-state index contributed by atoms with van der Waals surface area (Å²) in [6.07, 6.45) is 0. The molecule has 0 aliphatic rings. The van der Waals surface area contributed by atoms with E-state index >= 15 is 0 Å². The average molecular weight is 211 g/mol. The molecule has 0 bridgehead atoms. The summed E-state index contributed by atoms with van der Waals surface area (Å²) in [4.78, 5) is 0. The highest BCUT2D eigenvalue weighted by atomic mass is 19.1. The molecule has 1 atom stereocenters. The van der Waals surface area contributed by atoms with E-state index in [1.54, 1.807) is 7.11 Å². The van der Waals surface area contributed by atoms with E-state index in [2.05, 4.69) is 13.8 Å². The first-order valence-electron chi connectivity index (χ1n) is 5.09. The first-order chi connectivity index (χ1) is 7.10. The second-order valence-electron chi connectivity index (χ2n) is 3.92. The highest BCUT2D eigenvalue weighted by Gasteiger charge is 2.13. The minimum absolute atomic E-state index is 0.404. The normalized spacial score (nSPS) is 12.9. The van der Waals surface area contributed by atoms with Crippen molar-refractivity contribution in [3.63, 3.8) is 0 Å². The maximum absolute atomic E-state index is 12.5. The summed E-state index contributed by atoms with van der Waals surface area (Å²) >= 11 is 0. The minimum atomic E-state index is -0.598. The number of rotatable bonds is 4. The van der Waals surface area contributed by atoms with Gasteiger partial charge in [0.2, 0.25) is 0 Å². The highest BCUT2D eigenvalue weighted by Crippen LogP contribution is 2.28. The van der Waals surface area contributed by atoms with Crippen LogP contribution in [0, 0.1) is 0 Å². The zero-order chi connectivity index (χ0) is 11.4. The lowest BCUT2D eigenvalue weighted by atomic mass is 9.97. The Balaban J connectivity index is 3.13. The molecule has 0 radical (unpaired) electrons. The molecule has 1 aromatic rings. The van der Waals surface area contributed by atoms with Crippen molar-refractivity contribution in [2.75, 3.05) is 13.8 Å². The number of nitrogens with two attached hydrogens (primary N) is 1. The van der Waals surface area contributed by atoms with Crippen LogP contribution in [0.4, 0.5) is 4.39 Å². The van der Waals surface area contributed by atoms with Crippen LogP contribution in [0.1, 0.15) is 36.9 Å². The molecule has 0 fully saturated rings. The van der Waals surface area contributed by atoms with Crippen LogP contribution in [0.3, 0.4) is 0 Å². The van der Waals surface area contributed by atoms with Gasteiger partial charge in [-0.2, -0.15) is 0 Å². The van der Waals surface area contributed by atoms with Crippen molar-refractivity contribution in [1.82, 2.24) is 0 Å². The zero-order valence-corrected chi connectivity index (χ0v) is 9.46. The van der Waals surface area contributed by atoms with E-state index in [1.807, 2.05) is 18.2 Å². The van der Waals surface area contributed by atoms with E-state index < -0.39 is 12.7 Å². The maximum Gasteiger partial charge on any atom is 0.123 e. The van der Waals surface area contributed by atoms with Gasteiger partial charge in [0.15, 0.2) is 0 Å². The predicted octanol–water partition coefficient (Wildman–Crippen LogP) is 2.79. The monoisotopic (exact) mass is 211 g/mol.